The zero-order chi connectivity index (χ0) is 23.8. The summed E-state index contributed by atoms with van der Waals surface area (Å²) < 4.78 is 5.35. The number of anilines is 1. The molecular formula is C25H26N6O2S. The van der Waals surface area contributed by atoms with Gasteiger partial charge in [0.25, 0.3) is 5.56 Å². The van der Waals surface area contributed by atoms with E-state index in [0.29, 0.717) is 16.8 Å². The lowest BCUT2D eigenvalue weighted by atomic mass is 10.3. The van der Waals surface area contributed by atoms with Crippen molar-refractivity contribution in [3.63, 3.8) is 0 Å². The van der Waals surface area contributed by atoms with E-state index in [1.165, 1.54) is 11.8 Å². The van der Waals surface area contributed by atoms with E-state index >= 15 is 0 Å². The Balaban J connectivity index is 1.39. The monoisotopic (exact) mass is 474 g/mol. The van der Waals surface area contributed by atoms with Gasteiger partial charge in [0.15, 0.2) is 5.16 Å². The highest BCUT2D eigenvalue weighted by molar-refractivity contribution is 8.00. The molecule has 0 spiro atoms. The van der Waals surface area contributed by atoms with Gasteiger partial charge in [-0.3, -0.25) is 18.8 Å². The fraction of sp³-hybridized carbons (Fsp3) is 0.280. The number of benzene rings is 2. The molecule has 1 saturated carbocycles. The Morgan fingerprint density at radius 2 is 1.65 bits per heavy atom. The molecule has 34 heavy (non-hydrogen) atoms. The van der Waals surface area contributed by atoms with Gasteiger partial charge in [0.2, 0.25) is 5.91 Å². The zero-order valence-electron chi connectivity index (χ0n) is 19.3. The van der Waals surface area contributed by atoms with Gasteiger partial charge in [0.1, 0.15) is 11.5 Å². The molecule has 8 nitrogen and oxygen atoms in total. The standard InChI is InChI=1S/C25H26N6O2S/c1-16-21(24(33)31(29(16)3)20-12-8-5-9-13-20)26-23(32)17(2)34-25-28-27-22(18-14-15-18)30(25)19-10-6-4-7-11-19/h4-13,17-18H,14-15H2,1-3H3,(H,26,32)/t17-/m1/s1. The molecule has 0 aliphatic heterocycles. The Bertz CT molecular complexity index is 1390. The van der Waals surface area contributed by atoms with Crippen molar-refractivity contribution in [2.75, 3.05) is 5.32 Å². The summed E-state index contributed by atoms with van der Waals surface area (Å²) in [6.45, 7) is 3.64. The molecule has 0 unspecified atom stereocenters. The van der Waals surface area contributed by atoms with Crippen molar-refractivity contribution in [1.82, 2.24) is 24.1 Å². The molecule has 4 aromatic rings. The maximum Gasteiger partial charge on any atom is 0.295 e. The zero-order valence-corrected chi connectivity index (χ0v) is 20.1. The summed E-state index contributed by atoms with van der Waals surface area (Å²) in [7, 11) is 1.80. The Hall–Kier alpha value is -3.59. The average Bonchev–Trinajstić information content (AvgIpc) is 3.58. The largest absolute Gasteiger partial charge is 0.319 e. The van der Waals surface area contributed by atoms with Crippen molar-refractivity contribution >= 4 is 23.4 Å². The van der Waals surface area contributed by atoms with E-state index in [1.54, 1.807) is 16.4 Å². The summed E-state index contributed by atoms with van der Waals surface area (Å²) in [5.74, 6) is 1.09. The van der Waals surface area contributed by atoms with Crippen molar-refractivity contribution in [3.8, 4) is 11.4 Å². The van der Waals surface area contributed by atoms with Gasteiger partial charge in [-0.05, 0) is 51.0 Å². The van der Waals surface area contributed by atoms with Crippen LogP contribution in [0.1, 0.15) is 37.2 Å². The van der Waals surface area contributed by atoms with E-state index in [9.17, 15) is 9.59 Å². The van der Waals surface area contributed by atoms with E-state index in [0.717, 1.165) is 30.0 Å². The van der Waals surface area contributed by atoms with Crippen LogP contribution in [0.5, 0.6) is 0 Å². The van der Waals surface area contributed by atoms with Crippen LogP contribution in [-0.4, -0.2) is 35.3 Å². The van der Waals surface area contributed by atoms with Crippen LogP contribution in [-0.2, 0) is 11.8 Å². The van der Waals surface area contributed by atoms with E-state index in [4.69, 9.17) is 0 Å². The Morgan fingerprint density at radius 3 is 2.26 bits per heavy atom. The molecule has 2 aromatic carbocycles. The highest BCUT2D eigenvalue weighted by Crippen LogP contribution is 2.41. The fourth-order valence-corrected chi connectivity index (χ4v) is 4.81. The molecule has 1 atom stereocenters. The van der Waals surface area contributed by atoms with Gasteiger partial charge in [-0.15, -0.1) is 10.2 Å². The summed E-state index contributed by atoms with van der Waals surface area (Å²) in [6, 6.07) is 19.3. The number of hydrogen-bond acceptors (Lipinski definition) is 5. The minimum atomic E-state index is -0.483. The molecule has 174 valence electrons. The van der Waals surface area contributed by atoms with Gasteiger partial charge < -0.3 is 5.32 Å². The van der Waals surface area contributed by atoms with E-state index in [1.807, 2.05) is 79.1 Å². The lowest BCUT2D eigenvalue weighted by Crippen LogP contribution is -2.27. The third kappa shape index (κ3) is 4.07. The lowest BCUT2D eigenvalue weighted by Gasteiger charge is -2.13. The maximum atomic E-state index is 13.1. The van der Waals surface area contributed by atoms with Gasteiger partial charge in [-0.1, -0.05) is 48.2 Å². The van der Waals surface area contributed by atoms with Crippen LogP contribution in [0.25, 0.3) is 11.4 Å². The van der Waals surface area contributed by atoms with Crippen molar-refractivity contribution in [1.29, 1.82) is 0 Å². The van der Waals surface area contributed by atoms with Gasteiger partial charge in [0.05, 0.1) is 16.6 Å². The van der Waals surface area contributed by atoms with Crippen LogP contribution in [0.3, 0.4) is 0 Å². The number of hydrogen-bond donors (Lipinski definition) is 1. The molecule has 0 radical (unpaired) electrons. The molecule has 1 aliphatic carbocycles. The van der Waals surface area contributed by atoms with Crippen LogP contribution in [0.15, 0.2) is 70.6 Å². The SMILES string of the molecule is Cc1c(NC(=O)[C@@H](C)Sc2nnc(C3CC3)n2-c2ccccc2)c(=O)n(-c2ccccc2)n1C. The number of nitrogens with zero attached hydrogens (tertiary/aromatic N) is 5. The number of nitrogens with one attached hydrogen (secondary N) is 1. The minimum Gasteiger partial charge on any atom is -0.319 e. The van der Waals surface area contributed by atoms with E-state index < -0.39 is 5.25 Å². The van der Waals surface area contributed by atoms with Crippen molar-refractivity contribution in [2.45, 2.75) is 43.0 Å². The summed E-state index contributed by atoms with van der Waals surface area (Å²) >= 11 is 1.34. The van der Waals surface area contributed by atoms with Crippen LogP contribution >= 0.6 is 11.8 Å². The third-order valence-corrected chi connectivity index (χ3v) is 7.11. The normalized spacial score (nSPS) is 14.2. The van der Waals surface area contributed by atoms with Crippen LogP contribution < -0.4 is 10.9 Å². The predicted octanol–water partition coefficient (Wildman–Crippen LogP) is 4.06. The first kappa shape index (κ1) is 22.2. The third-order valence-electron chi connectivity index (χ3n) is 6.07. The van der Waals surface area contributed by atoms with E-state index in [2.05, 4.69) is 15.5 Å². The molecule has 2 heterocycles. The van der Waals surface area contributed by atoms with Gasteiger partial charge in [0, 0.05) is 18.7 Å². The fourth-order valence-electron chi connectivity index (χ4n) is 3.93. The quantitative estimate of drug-likeness (QED) is 0.408. The molecule has 9 heteroatoms. The van der Waals surface area contributed by atoms with Crippen molar-refractivity contribution in [2.24, 2.45) is 7.05 Å². The highest BCUT2D eigenvalue weighted by atomic mass is 32.2. The summed E-state index contributed by atoms with van der Waals surface area (Å²) in [5, 5.41) is 11.9. The van der Waals surface area contributed by atoms with Gasteiger partial charge >= 0.3 is 0 Å². The molecule has 0 bridgehead atoms. The van der Waals surface area contributed by atoms with Crippen LogP contribution in [0.4, 0.5) is 5.69 Å². The predicted molar refractivity (Wildman–Crippen MR) is 133 cm³/mol. The topological polar surface area (TPSA) is 86.7 Å². The Kier molecular flexibility index (Phi) is 5.87. The number of para-hydroxylation sites is 2. The number of rotatable bonds is 7. The average molecular weight is 475 g/mol. The molecule has 0 saturated heterocycles. The molecule has 1 fully saturated rings. The molecule has 5 rings (SSSR count). The smallest absolute Gasteiger partial charge is 0.295 e. The summed E-state index contributed by atoms with van der Waals surface area (Å²) in [4.78, 5) is 26.3. The van der Waals surface area contributed by atoms with Crippen LogP contribution in [0.2, 0.25) is 0 Å². The lowest BCUT2D eigenvalue weighted by molar-refractivity contribution is -0.115. The second-order valence-corrected chi connectivity index (χ2v) is 9.78. The first-order chi connectivity index (χ1) is 16.5. The van der Waals surface area contributed by atoms with Gasteiger partial charge in [-0.2, -0.15) is 0 Å². The highest BCUT2D eigenvalue weighted by Gasteiger charge is 2.32. The first-order valence-corrected chi connectivity index (χ1v) is 12.2. The Labute approximate surface area is 201 Å². The number of carbonyl (C=O) groups excluding carboxylic acids is 1. The maximum absolute atomic E-state index is 13.1. The second-order valence-electron chi connectivity index (χ2n) is 8.47. The van der Waals surface area contributed by atoms with Crippen molar-refractivity contribution < 1.29 is 4.79 Å². The molecule has 1 aliphatic rings. The summed E-state index contributed by atoms with van der Waals surface area (Å²) in [6.07, 6.45) is 2.21. The number of aromatic nitrogens is 5. The van der Waals surface area contributed by atoms with E-state index in [-0.39, 0.29) is 17.2 Å². The number of thioether (sulfide) groups is 1. The van der Waals surface area contributed by atoms with Crippen LogP contribution in [0, 0.1) is 6.92 Å². The molecule has 2 aromatic heterocycles. The minimum absolute atomic E-state index is 0.258. The molecule has 1 N–H and O–H groups in total. The van der Waals surface area contributed by atoms with Crippen molar-refractivity contribution in [3.05, 3.63) is 82.5 Å². The Morgan fingerprint density at radius 1 is 1.03 bits per heavy atom. The van der Waals surface area contributed by atoms with Gasteiger partial charge in [-0.25, -0.2) is 4.68 Å². The number of amides is 1. The first-order valence-electron chi connectivity index (χ1n) is 11.3. The second kappa shape index (κ2) is 8.98. The molecule has 1 amide bonds. The summed E-state index contributed by atoms with van der Waals surface area (Å²) in [5.41, 5.74) is 2.42. The molecular weight excluding hydrogens is 448 g/mol. The number of carbonyl (C=O) groups is 1.